The predicted molar refractivity (Wildman–Crippen MR) is 110 cm³/mol. The van der Waals surface area contributed by atoms with Gasteiger partial charge >= 0.3 is 0 Å². The van der Waals surface area contributed by atoms with Gasteiger partial charge in [0.1, 0.15) is 5.02 Å². The quantitative estimate of drug-likeness (QED) is 0.679. The number of pyridine rings is 1. The Kier molecular flexibility index (Phi) is 4.87. The molecule has 1 aliphatic heterocycles. The van der Waals surface area contributed by atoms with Gasteiger partial charge in [0.05, 0.1) is 11.7 Å². The summed E-state index contributed by atoms with van der Waals surface area (Å²) in [7, 11) is 1.69. The molecule has 2 aromatic rings. The van der Waals surface area contributed by atoms with E-state index in [1.807, 2.05) is 38.1 Å². The molecule has 1 atom stereocenters. The van der Waals surface area contributed by atoms with Gasteiger partial charge in [-0.3, -0.25) is 4.79 Å². The van der Waals surface area contributed by atoms with Crippen molar-refractivity contribution in [3.63, 3.8) is 0 Å². The van der Waals surface area contributed by atoms with E-state index in [4.69, 9.17) is 23.2 Å². The molecular weight excluding hydrogens is 367 g/mol. The number of hydrogen-bond donors (Lipinski definition) is 0. The first kappa shape index (κ1) is 18.6. The monoisotopic (exact) mass is 386 g/mol. The predicted octanol–water partition coefficient (Wildman–Crippen LogP) is 5.66. The molecule has 0 aliphatic carbocycles. The summed E-state index contributed by atoms with van der Waals surface area (Å²) >= 11 is 12.2. The lowest BCUT2D eigenvalue weighted by Crippen LogP contribution is -2.26. The lowest BCUT2D eigenvalue weighted by Gasteiger charge is -2.31. The van der Waals surface area contributed by atoms with Crippen LogP contribution < -0.4 is 10.5 Å². The van der Waals surface area contributed by atoms with Crippen LogP contribution in [0.25, 0.3) is 0 Å². The molecule has 0 amide bonds. The average molecular weight is 387 g/mol. The number of aromatic nitrogens is 1. The van der Waals surface area contributed by atoms with Gasteiger partial charge in [-0.05, 0) is 48.8 Å². The molecule has 3 nitrogen and oxygen atoms in total. The van der Waals surface area contributed by atoms with Gasteiger partial charge in [-0.1, -0.05) is 54.1 Å². The molecule has 1 aromatic heterocycles. The van der Waals surface area contributed by atoms with Gasteiger partial charge < -0.3 is 9.47 Å². The van der Waals surface area contributed by atoms with Crippen molar-refractivity contribution >= 4 is 28.9 Å². The van der Waals surface area contributed by atoms with Crippen LogP contribution in [0, 0.1) is 0 Å². The SMILES string of the molecule is C=C(C)C1=C(C)C(=C)N(c2cc(Cl)c(=O)n(C)c2)C1c1ccc(Cl)cc1. The third kappa shape index (κ3) is 3.02. The number of allylic oxidation sites excluding steroid dienone is 1. The van der Waals surface area contributed by atoms with E-state index < -0.39 is 0 Å². The largest absolute Gasteiger partial charge is 0.329 e. The molecule has 1 aromatic carbocycles. The maximum Gasteiger partial charge on any atom is 0.269 e. The normalized spacial score (nSPS) is 17.2. The van der Waals surface area contributed by atoms with E-state index in [2.05, 4.69) is 18.1 Å². The van der Waals surface area contributed by atoms with Crippen LogP contribution in [0.5, 0.6) is 0 Å². The summed E-state index contributed by atoms with van der Waals surface area (Å²) < 4.78 is 1.48. The van der Waals surface area contributed by atoms with Crippen molar-refractivity contribution in [1.29, 1.82) is 0 Å². The summed E-state index contributed by atoms with van der Waals surface area (Å²) in [5, 5.41) is 0.855. The van der Waals surface area contributed by atoms with Crippen LogP contribution >= 0.6 is 23.2 Å². The third-order valence-corrected chi connectivity index (χ3v) is 5.23. The van der Waals surface area contributed by atoms with Crippen LogP contribution in [-0.2, 0) is 7.05 Å². The van der Waals surface area contributed by atoms with E-state index in [1.54, 1.807) is 19.3 Å². The molecule has 1 aliphatic rings. The fourth-order valence-electron chi connectivity index (χ4n) is 3.43. The molecule has 5 heteroatoms. The van der Waals surface area contributed by atoms with Gasteiger partial charge in [-0.15, -0.1) is 0 Å². The third-order valence-electron chi connectivity index (χ3n) is 4.71. The molecule has 0 bridgehead atoms. The van der Waals surface area contributed by atoms with Crippen LogP contribution in [0.2, 0.25) is 10.0 Å². The first-order valence-corrected chi connectivity index (χ1v) is 8.94. The van der Waals surface area contributed by atoms with Crippen LogP contribution in [0.4, 0.5) is 5.69 Å². The number of halogens is 2. The molecule has 0 spiro atoms. The zero-order chi connectivity index (χ0) is 19.2. The van der Waals surface area contributed by atoms with Crippen LogP contribution in [0.1, 0.15) is 25.5 Å². The highest BCUT2D eigenvalue weighted by Gasteiger charge is 2.36. The fourth-order valence-corrected chi connectivity index (χ4v) is 3.80. The average Bonchev–Trinajstić information content (AvgIpc) is 2.84. The molecule has 0 N–H and O–H groups in total. The molecule has 0 saturated heterocycles. The lowest BCUT2D eigenvalue weighted by molar-refractivity contribution is 0.797. The summed E-state index contributed by atoms with van der Waals surface area (Å²) in [5.41, 5.74) is 5.66. The lowest BCUT2D eigenvalue weighted by atomic mass is 9.93. The van der Waals surface area contributed by atoms with Crippen molar-refractivity contribution < 1.29 is 0 Å². The van der Waals surface area contributed by atoms with Crippen molar-refractivity contribution in [3.8, 4) is 0 Å². The molecule has 2 heterocycles. The van der Waals surface area contributed by atoms with Gasteiger partial charge in [0.15, 0.2) is 0 Å². The first-order chi connectivity index (χ1) is 12.2. The molecule has 1 unspecified atom stereocenters. The minimum Gasteiger partial charge on any atom is -0.329 e. The zero-order valence-corrected chi connectivity index (χ0v) is 16.5. The summed E-state index contributed by atoms with van der Waals surface area (Å²) in [4.78, 5) is 14.1. The zero-order valence-electron chi connectivity index (χ0n) is 15.0. The Hall–Kier alpha value is -2.23. The van der Waals surface area contributed by atoms with E-state index in [0.29, 0.717) is 5.02 Å². The van der Waals surface area contributed by atoms with E-state index in [9.17, 15) is 4.79 Å². The number of aryl methyl sites for hydroxylation is 1. The summed E-state index contributed by atoms with van der Waals surface area (Å²) in [6.07, 6.45) is 1.77. The van der Waals surface area contributed by atoms with E-state index >= 15 is 0 Å². The Morgan fingerprint density at radius 1 is 1.19 bits per heavy atom. The minimum absolute atomic E-state index is 0.106. The second-order valence-corrected chi connectivity index (χ2v) is 7.40. The maximum atomic E-state index is 12.0. The summed E-state index contributed by atoms with van der Waals surface area (Å²) in [6, 6.07) is 9.32. The van der Waals surface area contributed by atoms with E-state index in [1.165, 1.54) is 4.57 Å². The van der Waals surface area contributed by atoms with Crippen LogP contribution in [0.3, 0.4) is 0 Å². The fraction of sp³-hybridized carbons (Fsp3) is 0.190. The van der Waals surface area contributed by atoms with E-state index in [-0.39, 0.29) is 16.6 Å². The van der Waals surface area contributed by atoms with Crippen molar-refractivity contribution in [3.05, 3.63) is 98.1 Å². The highest BCUT2D eigenvalue weighted by Crippen LogP contribution is 2.47. The molecule has 26 heavy (non-hydrogen) atoms. The van der Waals surface area contributed by atoms with Crippen molar-refractivity contribution in [2.75, 3.05) is 4.90 Å². The van der Waals surface area contributed by atoms with Crippen LogP contribution in [-0.4, -0.2) is 4.57 Å². The molecule has 0 radical (unpaired) electrons. The molecule has 0 fully saturated rings. The van der Waals surface area contributed by atoms with Crippen molar-refractivity contribution in [1.82, 2.24) is 4.57 Å². The topological polar surface area (TPSA) is 25.2 Å². The highest BCUT2D eigenvalue weighted by atomic mass is 35.5. The number of rotatable bonds is 3. The Morgan fingerprint density at radius 3 is 2.35 bits per heavy atom. The minimum atomic E-state index is -0.229. The van der Waals surface area contributed by atoms with Gasteiger partial charge in [0, 0.05) is 24.0 Å². The standard InChI is InChI=1S/C21H20Cl2N2O/c1-12(2)19-13(3)14(4)25(17-10-18(23)21(26)24(5)11-17)20(19)15-6-8-16(22)9-7-15/h6-11,20H,1,4H2,2-3,5H3. The highest BCUT2D eigenvalue weighted by molar-refractivity contribution is 6.30. The molecule has 3 rings (SSSR count). The Balaban J connectivity index is 2.23. The number of nitrogens with zero attached hydrogens (tertiary/aromatic N) is 2. The number of hydrogen-bond acceptors (Lipinski definition) is 2. The summed E-state index contributed by atoms with van der Waals surface area (Å²) in [5.74, 6) is 0. The molecule has 134 valence electrons. The Labute approximate surface area is 163 Å². The smallest absolute Gasteiger partial charge is 0.269 e. The van der Waals surface area contributed by atoms with Gasteiger partial charge in [0.25, 0.3) is 5.56 Å². The van der Waals surface area contributed by atoms with Crippen molar-refractivity contribution in [2.24, 2.45) is 7.05 Å². The van der Waals surface area contributed by atoms with Gasteiger partial charge in [-0.25, -0.2) is 0 Å². The van der Waals surface area contributed by atoms with Crippen LogP contribution in [0.15, 0.2) is 76.9 Å². The second kappa shape index (κ2) is 6.82. The molecule has 0 saturated carbocycles. The van der Waals surface area contributed by atoms with Gasteiger partial charge in [0.2, 0.25) is 0 Å². The maximum absolute atomic E-state index is 12.0. The summed E-state index contributed by atoms with van der Waals surface area (Å²) in [6.45, 7) is 12.5. The second-order valence-electron chi connectivity index (χ2n) is 6.55. The molecular formula is C21H20Cl2N2O. The number of anilines is 1. The first-order valence-electron chi connectivity index (χ1n) is 8.19. The van der Waals surface area contributed by atoms with Gasteiger partial charge in [-0.2, -0.15) is 0 Å². The van der Waals surface area contributed by atoms with E-state index in [0.717, 1.165) is 33.7 Å². The Bertz CT molecular complexity index is 973. The number of benzene rings is 1. The van der Waals surface area contributed by atoms with Crippen molar-refractivity contribution in [2.45, 2.75) is 19.9 Å². The Morgan fingerprint density at radius 2 is 1.81 bits per heavy atom.